The van der Waals surface area contributed by atoms with Crippen molar-refractivity contribution >= 4 is 33.6 Å². The Bertz CT molecular complexity index is 437. The molecule has 13 heavy (non-hydrogen) atoms. The van der Waals surface area contributed by atoms with Crippen LogP contribution in [0.4, 0.5) is 0 Å². The van der Waals surface area contributed by atoms with Gasteiger partial charge >= 0.3 is 0 Å². The van der Waals surface area contributed by atoms with Crippen LogP contribution in [0.3, 0.4) is 0 Å². The maximum atomic E-state index is 10.3. The van der Waals surface area contributed by atoms with Crippen LogP contribution in [0.5, 0.6) is 0 Å². The average Bonchev–Trinajstić information content (AvgIpc) is 2.71. The minimum Gasteiger partial charge on any atom is -0.432 e. The number of halogens is 1. The lowest BCUT2D eigenvalue weighted by molar-refractivity contribution is 0.110. The van der Waals surface area contributed by atoms with Gasteiger partial charge < -0.3 is 4.42 Å². The minimum absolute atomic E-state index is 0.204. The first kappa shape index (κ1) is 8.58. The van der Waals surface area contributed by atoms with Crippen LogP contribution in [0.25, 0.3) is 11.6 Å². The van der Waals surface area contributed by atoms with E-state index in [2.05, 4.69) is 25.9 Å². The van der Waals surface area contributed by atoms with Crippen LogP contribution in [-0.2, 0) is 0 Å². The van der Waals surface area contributed by atoms with Crippen LogP contribution in [0.15, 0.2) is 19.9 Å². The molecule has 0 aliphatic heterocycles. The fraction of sp³-hybridized carbons (Fsp3) is 0. The number of oxazole rings is 1. The topological polar surface area (TPSA) is 56.0 Å². The zero-order valence-electron chi connectivity index (χ0n) is 6.23. The van der Waals surface area contributed by atoms with Gasteiger partial charge in [-0.1, -0.05) is 0 Å². The van der Waals surface area contributed by atoms with E-state index in [1.807, 2.05) is 0 Å². The van der Waals surface area contributed by atoms with Crippen molar-refractivity contribution in [2.24, 2.45) is 0 Å². The summed E-state index contributed by atoms with van der Waals surface area (Å²) in [6, 6.07) is 0. The van der Waals surface area contributed by atoms with E-state index in [9.17, 15) is 4.79 Å². The number of hydrogen-bond donors (Lipinski definition) is 0. The van der Waals surface area contributed by atoms with E-state index >= 15 is 0 Å². The molecule has 2 heterocycles. The van der Waals surface area contributed by atoms with E-state index < -0.39 is 0 Å². The fourth-order valence-corrected chi connectivity index (χ4v) is 1.85. The molecule has 0 radical (unpaired) electrons. The molecule has 0 aromatic carbocycles. The highest BCUT2D eigenvalue weighted by molar-refractivity contribution is 9.11. The van der Waals surface area contributed by atoms with Gasteiger partial charge in [-0.05, 0) is 15.9 Å². The molecule has 0 amide bonds. The number of thiazole rings is 1. The van der Waals surface area contributed by atoms with Gasteiger partial charge in [0.15, 0.2) is 17.7 Å². The highest BCUT2D eigenvalue weighted by Crippen LogP contribution is 2.29. The van der Waals surface area contributed by atoms with Crippen molar-refractivity contribution in [1.29, 1.82) is 0 Å². The Kier molecular flexibility index (Phi) is 2.24. The van der Waals surface area contributed by atoms with E-state index in [0.717, 1.165) is 3.79 Å². The third-order valence-corrected chi connectivity index (χ3v) is 2.91. The van der Waals surface area contributed by atoms with Crippen LogP contribution in [-0.4, -0.2) is 16.3 Å². The van der Waals surface area contributed by atoms with Crippen LogP contribution in [0.1, 0.15) is 10.6 Å². The number of aromatic nitrogens is 2. The minimum atomic E-state index is 0.204. The highest BCUT2D eigenvalue weighted by atomic mass is 79.9. The highest BCUT2D eigenvalue weighted by Gasteiger charge is 2.11. The SMILES string of the molecule is O=Cc1cnc(-c2ncsc2Br)o1. The first-order chi connectivity index (χ1) is 6.31. The molecule has 0 fully saturated rings. The molecular weight excluding hydrogens is 256 g/mol. The van der Waals surface area contributed by atoms with Crippen LogP contribution in [0, 0.1) is 0 Å². The maximum absolute atomic E-state index is 10.3. The molecule has 6 heteroatoms. The molecule has 0 saturated carbocycles. The Morgan fingerprint density at radius 3 is 2.92 bits per heavy atom. The van der Waals surface area contributed by atoms with Gasteiger partial charge in [0.25, 0.3) is 0 Å². The van der Waals surface area contributed by atoms with Crippen molar-refractivity contribution in [3.05, 3.63) is 21.3 Å². The van der Waals surface area contributed by atoms with Crippen molar-refractivity contribution in [3.63, 3.8) is 0 Å². The molecule has 0 spiro atoms. The second-order valence-corrected chi connectivity index (χ2v) is 4.33. The lowest BCUT2D eigenvalue weighted by atomic mass is 10.5. The van der Waals surface area contributed by atoms with Gasteiger partial charge in [-0.15, -0.1) is 11.3 Å². The number of hydrogen-bond acceptors (Lipinski definition) is 5. The molecule has 0 atom stereocenters. The van der Waals surface area contributed by atoms with Crippen molar-refractivity contribution < 1.29 is 9.21 Å². The summed E-state index contributed by atoms with van der Waals surface area (Å²) in [5.41, 5.74) is 2.29. The summed E-state index contributed by atoms with van der Waals surface area (Å²) in [5.74, 6) is 0.560. The Morgan fingerprint density at radius 2 is 2.38 bits per heavy atom. The first-order valence-electron chi connectivity index (χ1n) is 3.31. The van der Waals surface area contributed by atoms with E-state index in [1.54, 1.807) is 5.51 Å². The molecule has 0 N–H and O–H groups in total. The van der Waals surface area contributed by atoms with Gasteiger partial charge in [-0.2, -0.15) is 0 Å². The van der Waals surface area contributed by atoms with E-state index in [4.69, 9.17) is 4.42 Å². The molecule has 2 aromatic rings. The molecule has 2 aromatic heterocycles. The number of aldehydes is 1. The number of rotatable bonds is 2. The normalized spacial score (nSPS) is 10.2. The Hall–Kier alpha value is -1.01. The number of nitrogens with zero attached hydrogens (tertiary/aromatic N) is 2. The third-order valence-electron chi connectivity index (χ3n) is 1.37. The summed E-state index contributed by atoms with van der Waals surface area (Å²) < 4.78 is 5.93. The zero-order valence-corrected chi connectivity index (χ0v) is 8.63. The lowest BCUT2D eigenvalue weighted by Crippen LogP contribution is -1.75. The van der Waals surface area contributed by atoms with E-state index in [0.29, 0.717) is 17.9 Å². The third kappa shape index (κ3) is 1.54. The van der Waals surface area contributed by atoms with Gasteiger partial charge in [-0.3, -0.25) is 4.79 Å². The van der Waals surface area contributed by atoms with E-state index in [1.165, 1.54) is 17.5 Å². The molecule has 4 nitrogen and oxygen atoms in total. The van der Waals surface area contributed by atoms with Gasteiger partial charge in [0, 0.05) is 0 Å². The van der Waals surface area contributed by atoms with Crippen molar-refractivity contribution in [3.8, 4) is 11.6 Å². The molecule has 0 unspecified atom stereocenters. The average molecular weight is 259 g/mol. The van der Waals surface area contributed by atoms with Crippen molar-refractivity contribution in [2.75, 3.05) is 0 Å². The number of carbonyl (C=O) groups excluding carboxylic acids is 1. The maximum Gasteiger partial charge on any atom is 0.247 e. The van der Waals surface area contributed by atoms with Crippen molar-refractivity contribution in [2.45, 2.75) is 0 Å². The van der Waals surface area contributed by atoms with Gasteiger partial charge in [0.1, 0.15) is 3.79 Å². The molecule has 2 rings (SSSR count). The number of carbonyl (C=O) groups is 1. The monoisotopic (exact) mass is 258 g/mol. The Labute approximate surface area is 85.8 Å². The van der Waals surface area contributed by atoms with Crippen LogP contribution in [0.2, 0.25) is 0 Å². The summed E-state index contributed by atoms with van der Waals surface area (Å²) in [6.45, 7) is 0. The molecule has 0 aliphatic rings. The Morgan fingerprint density at radius 1 is 1.54 bits per heavy atom. The van der Waals surface area contributed by atoms with Gasteiger partial charge in [0.05, 0.1) is 11.7 Å². The standard InChI is InChI=1S/C7H3BrN2O2S/c8-6-5(10-3-13-6)7-9-1-4(2-11)12-7/h1-3H. The fourth-order valence-electron chi connectivity index (χ4n) is 0.822. The summed E-state index contributed by atoms with van der Waals surface area (Å²) >= 11 is 4.74. The predicted octanol–water partition coefficient (Wildman–Crippen LogP) is 2.37. The summed E-state index contributed by atoms with van der Waals surface area (Å²) in [7, 11) is 0. The van der Waals surface area contributed by atoms with Crippen molar-refractivity contribution in [1.82, 2.24) is 9.97 Å². The van der Waals surface area contributed by atoms with Crippen LogP contribution >= 0.6 is 27.3 Å². The molecule has 0 saturated heterocycles. The zero-order chi connectivity index (χ0) is 9.26. The summed E-state index contributed by atoms with van der Waals surface area (Å²) in [4.78, 5) is 18.3. The smallest absolute Gasteiger partial charge is 0.247 e. The summed E-state index contributed by atoms with van der Waals surface area (Å²) in [6.07, 6.45) is 1.98. The van der Waals surface area contributed by atoms with E-state index in [-0.39, 0.29) is 5.76 Å². The largest absolute Gasteiger partial charge is 0.432 e. The van der Waals surface area contributed by atoms with Crippen LogP contribution < -0.4 is 0 Å². The quantitative estimate of drug-likeness (QED) is 0.777. The molecular formula is C7H3BrN2O2S. The first-order valence-corrected chi connectivity index (χ1v) is 4.99. The molecule has 0 aliphatic carbocycles. The van der Waals surface area contributed by atoms with Gasteiger partial charge in [-0.25, -0.2) is 9.97 Å². The Balaban J connectivity index is 2.46. The molecule has 66 valence electrons. The lowest BCUT2D eigenvalue weighted by Gasteiger charge is -1.87. The predicted molar refractivity (Wildman–Crippen MR) is 50.7 cm³/mol. The summed E-state index contributed by atoms with van der Waals surface area (Å²) in [5, 5.41) is 0. The van der Waals surface area contributed by atoms with Gasteiger partial charge in [0.2, 0.25) is 5.89 Å². The molecule has 0 bridgehead atoms. The second-order valence-electron chi connectivity index (χ2n) is 2.16. The second kappa shape index (κ2) is 3.39.